The van der Waals surface area contributed by atoms with E-state index in [1.165, 1.54) is 19.3 Å². The fourth-order valence-electron chi connectivity index (χ4n) is 3.35. The third-order valence-electron chi connectivity index (χ3n) is 4.81. The van der Waals surface area contributed by atoms with Gasteiger partial charge in [0.05, 0.1) is 0 Å². The predicted octanol–water partition coefficient (Wildman–Crippen LogP) is 2.88. The van der Waals surface area contributed by atoms with Crippen LogP contribution in [0.1, 0.15) is 32.1 Å². The summed E-state index contributed by atoms with van der Waals surface area (Å²) in [4.78, 5) is 28.2. The molecule has 0 atom stereocenters. The lowest BCUT2D eigenvalue weighted by molar-refractivity contribution is 0.145. The molecule has 2 aliphatic rings. The normalized spacial score (nSPS) is 19.0. The van der Waals surface area contributed by atoms with Crippen molar-refractivity contribution in [3.05, 3.63) is 30.3 Å². The fourth-order valence-corrected chi connectivity index (χ4v) is 3.35. The van der Waals surface area contributed by atoms with Gasteiger partial charge in [0, 0.05) is 37.9 Å². The molecular weight excluding hydrogens is 304 g/mol. The quantitative estimate of drug-likeness (QED) is 0.876. The van der Waals surface area contributed by atoms with Crippen molar-refractivity contribution >= 4 is 17.7 Å². The molecule has 130 valence electrons. The predicted molar refractivity (Wildman–Crippen MR) is 94.0 cm³/mol. The van der Waals surface area contributed by atoms with E-state index in [0.717, 1.165) is 18.5 Å². The number of rotatable bonds is 2. The molecule has 1 aromatic carbocycles. The largest absolute Gasteiger partial charge is 0.335 e. The molecule has 4 amide bonds. The van der Waals surface area contributed by atoms with Crippen LogP contribution in [0.3, 0.4) is 0 Å². The molecule has 0 unspecified atom stereocenters. The molecule has 1 aromatic rings. The van der Waals surface area contributed by atoms with Gasteiger partial charge in [0.2, 0.25) is 0 Å². The van der Waals surface area contributed by atoms with Gasteiger partial charge in [-0.05, 0) is 25.0 Å². The van der Waals surface area contributed by atoms with E-state index in [1.54, 1.807) is 4.90 Å². The third kappa shape index (κ3) is 4.40. The van der Waals surface area contributed by atoms with E-state index in [0.29, 0.717) is 32.2 Å². The zero-order valence-electron chi connectivity index (χ0n) is 14.0. The number of hydrogen-bond acceptors (Lipinski definition) is 2. The number of urea groups is 2. The van der Waals surface area contributed by atoms with Gasteiger partial charge in [-0.25, -0.2) is 9.59 Å². The van der Waals surface area contributed by atoms with Crippen LogP contribution in [0.4, 0.5) is 15.3 Å². The summed E-state index contributed by atoms with van der Waals surface area (Å²) in [6.07, 6.45) is 5.87. The molecular formula is C18H26N4O2. The van der Waals surface area contributed by atoms with Gasteiger partial charge in [0.25, 0.3) is 0 Å². The maximum Gasteiger partial charge on any atom is 0.321 e. The Morgan fingerprint density at radius 2 is 1.42 bits per heavy atom. The molecule has 0 spiro atoms. The van der Waals surface area contributed by atoms with E-state index in [-0.39, 0.29) is 12.1 Å². The third-order valence-corrected chi connectivity index (χ3v) is 4.81. The number of anilines is 1. The van der Waals surface area contributed by atoms with Crippen molar-refractivity contribution in [3.8, 4) is 0 Å². The minimum absolute atomic E-state index is 0.0185. The Hall–Kier alpha value is -2.24. The molecule has 1 aliphatic carbocycles. The average molecular weight is 330 g/mol. The van der Waals surface area contributed by atoms with E-state index >= 15 is 0 Å². The van der Waals surface area contributed by atoms with Gasteiger partial charge >= 0.3 is 12.1 Å². The van der Waals surface area contributed by atoms with Gasteiger partial charge in [-0.1, -0.05) is 37.5 Å². The fraction of sp³-hybridized carbons (Fsp3) is 0.556. The first-order valence-corrected chi connectivity index (χ1v) is 8.89. The van der Waals surface area contributed by atoms with Crippen molar-refractivity contribution in [2.45, 2.75) is 38.1 Å². The molecule has 1 saturated heterocycles. The van der Waals surface area contributed by atoms with Gasteiger partial charge < -0.3 is 20.4 Å². The van der Waals surface area contributed by atoms with Gasteiger partial charge in [-0.2, -0.15) is 0 Å². The Morgan fingerprint density at radius 1 is 0.833 bits per heavy atom. The molecule has 6 heteroatoms. The van der Waals surface area contributed by atoms with E-state index in [4.69, 9.17) is 0 Å². The molecule has 3 rings (SSSR count). The van der Waals surface area contributed by atoms with Crippen molar-refractivity contribution in [3.63, 3.8) is 0 Å². The second kappa shape index (κ2) is 8.04. The zero-order valence-corrected chi connectivity index (χ0v) is 14.0. The first-order valence-electron chi connectivity index (χ1n) is 8.89. The van der Waals surface area contributed by atoms with Crippen LogP contribution in [-0.2, 0) is 0 Å². The Kier molecular flexibility index (Phi) is 5.56. The number of benzene rings is 1. The summed E-state index contributed by atoms with van der Waals surface area (Å²) in [7, 11) is 0. The highest BCUT2D eigenvalue weighted by molar-refractivity contribution is 5.89. The number of para-hydroxylation sites is 1. The lowest BCUT2D eigenvalue weighted by Gasteiger charge is -2.36. The lowest BCUT2D eigenvalue weighted by atomic mass is 9.96. The molecule has 1 heterocycles. The highest BCUT2D eigenvalue weighted by Gasteiger charge is 2.25. The minimum Gasteiger partial charge on any atom is -0.335 e. The number of nitrogens with zero attached hydrogens (tertiary/aromatic N) is 2. The summed E-state index contributed by atoms with van der Waals surface area (Å²) in [5.41, 5.74) is 0.792. The summed E-state index contributed by atoms with van der Waals surface area (Å²) >= 11 is 0. The highest BCUT2D eigenvalue weighted by Crippen LogP contribution is 2.18. The second-order valence-corrected chi connectivity index (χ2v) is 6.55. The molecule has 1 saturated carbocycles. The van der Waals surface area contributed by atoms with Gasteiger partial charge in [0.1, 0.15) is 0 Å². The smallest absolute Gasteiger partial charge is 0.321 e. The summed E-state index contributed by atoms with van der Waals surface area (Å²) in [5.74, 6) is 0. The summed E-state index contributed by atoms with van der Waals surface area (Å²) in [6.45, 7) is 2.30. The summed E-state index contributed by atoms with van der Waals surface area (Å²) in [5, 5.41) is 6.03. The highest BCUT2D eigenvalue weighted by atomic mass is 16.2. The Morgan fingerprint density at radius 3 is 2.04 bits per heavy atom. The monoisotopic (exact) mass is 330 g/mol. The van der Waals surface area contributed by atoms with Crippen molar-refractivity contribution in [1.82, 2.24) is 15.1 Å². The maximum atomic E-state index is 12.3. The van der Waals surface area contributed by atoms with Crippen LogP contribution in [0.5, 0.6) is 0 Å². The number of nitrogens with one attached hydrogen (secondary N) is 2. The Bertz CT molecular complexity index is 549. The van der Waals surface area contributed by atoms with Crippen molar-refractivity contribution in [2.75, 3.05) is 31.5 Å². The standard InChI is InChI=1S/C18H26N4O2/c23-17(19-15-7-3-1-4-8-15)21-11-13-22(14-12-21)18(24)20-16-9-5-2-6-10-16/h1,3-4,7-8,16H,2,5-6,9-14H2,(H,19,23)(H,20,24). The Labute approximate surface area is 143 Å². The van der Waals surface area contributed by atoms with Crippen LogP contribution in [-0.4, -0.2) is 54.1 Å². The topological polar surface area (TPSA) is 64.7 Å². The molecule has 6 nitrogen and oxygen atoms in total. The van der Waals surface area contributed by atoms with E-state index in [9.17, 15) is 9.59 Å². The first kappa shape index (κ1) is 16.6. The molecule has 0 aromatic heterocycles. The van der Waals surface area contributed by atoms with Crippen LogP contribution >= 0.6 is 0 Å². The number of amides is 4. The van der Waals surface area contributed by atoms with E-state index in [2.05, 4.69) is 10.6 Å². The zero-order chi connectivity index (χ0) is 16.8. The van der Waals surface area contributed by atoms with Gasteiger partial charge in [-0.15, -0.1) is 0 Å². The van der Waals surface area contributed by atoms with E-state index in [1.807, 2.05) is 35.2 Å². The van der Waals surface area contributed by atoms with E-state index < -0.39 is 0 Å². The maximum absolute atomic E-state index is 12.3. The van der Waals surface area contributed by atoms with Crippen molar-refractivity contribution in [2.24, 2.45) is 0 Å². The van der Waals surface area contributed by atoms with Crippen LogP contribution in [0.25, 0.3) is 0 Å². The SMILES string of the molecule is O=C(Nc1ccccc1)N1CCN(C(=O)NC2CCCCC2)CC1. The molecule has 2 fully saturated rings. The summed E-state index contributed by atoms with van der Waals surface area (Å²) < 4.78 is 0. The number of carbonyl (C=O) groups is 2. The second-order valence-electron chi connectivity index (χ2n) is 6.55. The van der Waals surface area contributed by atoms with Crippen LogP contribution < -0.4 is 10.6 Å². The minimum atomic E-state index is -0.103. The van der Waals surface area contributed by atoms with Gasteiger partial charge in [-0.3, -0.25) is 0 Å². The van der Waals surface area contributed by atoms with Crippen LogP contribution in [0.2, 0.25) is 0 Å². The number of hydrogen-bond donors (Lipinski definition) is 2. The Balaban J connectivity index is 1.43. The van der Waals surface area contributed by atoms with Crippen molar-refractivity contribution < 1.29 is 9.59 Å². The number of piperazine rings is 1. The summed E-state index contributed by atoms with van der Waals surface area (Å²) in [6, 6.07) is 9.67. The number of carbonyl (C=O) groups excluding carboxylic acids is 2. The molecule has 1 aliphatic heterocycles. The lowest BCUT2D eigenvalue weighted by Crippen LogP contribution is -2.55. The molecule has 2 N–H and O–H groups in total. The van der Waals surface area contributed by atoms with Crippen LogP contribution in [0.15, 0.2) is 30.3 Å². The molecule has 0 radical (unpaired) electrons. The molecule has 0 bridgehead atoms. The van der Waals surface area contributed by atoms with Crippen LogP contribution in [0, 0.1) is 0 Å². The first-order chi connectivity index (χ1) is 11.7. The molecule has 24 heavy (non-hydrogen) atoms. The van der Waals surface area contributed by atoms with Gasteiger partial charge in [0.15, 0.2) is 0 Å². The van der Waals surface area contributed by atoms with Crippen molar-refractivity contribution in [1.29, 1.82) is 0 Å². The average Bonchev–Trinajstić information content (AvgIpc) is 2.63.